The van der Waals surface area contributed by atoms with Crippen molar-refractivity contribution < 1.29 is 9.53 Å². The summed E-state index contributed by atoms with van der Waals surface area (Å²) in [5, 5.41) is 0. The lowest BCUT2D eigenvalue weighted by Gasteiger charge is -2.21. The summed E-state index contributed by atoms with van der Waals surface area (Å²) in [5.41, 5.74) is 10.8. The lowest BCUT2D eigenvalue weighted by atomic mass is 10.0. The van der Waals surface area contributed by atoms with Crippen molar-refractivity contribution >= 4 is 17.5 Å². The van der Waals surface area contributed by atoms with E-state index in [0.717, 1.165) is 34.5 Å². The minimum absolute atomic E-state index is 0.00541. The SMILES string of the molecule is CCC1CN(c2c(C)cc(N)c(C)c2C)C(=O)O1. The number of aryl methyl sites for hydroxylation is 1. The first-order chi connectivity index (χ1) is 8.45. The van der Waals surface area contributed by atoms with Gasteiger partial charge in [-0.15, -0.1) is 0 Å². The van der Waals surface area contributed by atoms with Crippen LogP contribution < -0.4 is 10.6 Å². The third-order valence-electron chi connectivity index (χ3n) is 3.70. The highest BCUT2D eigenvalue weighted by molar-refractivity contribution is 5.92. The third-order valence-corrected chi connectivity index (χ3v) is 3.70. The summed E-state index contributed by atoms with van der Waals surface area (Å²) in [6.45, 7) is 8.60. The fraction of sp³-hybridized carbons (Fsp3) is 0.500. The van der Waals surface area contributed by atoms with Gasteiger partial charge in [-0.3, -0.25) is 4.90 Å². The molecule has 0 bridgehead atoms. The van der Waals surface area contributed by atoms with Crippen LogP contribution in [0.25, 0.3) is 0 Å². The molecule has 1 aliphatic rings. The Morgan fingerprint density at radius 2 is 2.06 bits per heavy atom. The molecule has 1 aromatic rings. The number of ether oxygens (including phenoxy) is 1. The standard InChI is InChI=1S/C14H20N2O2/c1-5-11-7-16(14(17)18-11)13-8(2)6-12(15)9(3)10(13)4/h6,11H,5,7,15H2,1-4H3. The molecule has 0 aromatic heterocycles. The molecule has 0 spiro atoms. The van der Waals surface area contributed by atoms with Crippen LogP contribution in [-0.2, 0) is 4.74 Å². The van der Waals surface area contributed by atoms with Crippen molar-refractivity contribution in [1.82, 2.24) is 0 Å². The Morgan fingerprint density at radius 3 is 2.61 bits per heavy atom. The average molecular weight is 248 g/mol. The van der Waals surface area contributed by atoms with Crippen molar-refractivity contribution in [3.8, 4) is 0 Å². The van der Waals surface area contributed by atoms with E-state index in [1.165, 1.54) is 0 Å². The molecule has 4 heteroatoms. The van der Waals surface area contributed by atoms with Gasteiger partial charge in [-0.25, -0.2) is 4.79 Å². The number of nitrogen functional groups attached to an aromatic ring is 1. The fourth-order valence-corrected chi connectivity index (χ4v) is 2.43. The van der Waals surface area contributed by atoms with Gasteiger partial charge in [0.15, 0.2) is 0 Å². The van der Waals surface area contributed by atoms with E-state index in [-0.39, 0.29) is 12.2 Å². The van der Waals surface area contributed by atoms with Crippen molar-refractivity contribution in [2.75, 3.05) is 17.2 Å². The lowest BCUT2D eigenvalue weighted by molar-refractivity contribution is 0.139. The molecule has 98 valence electrons. The van der Waals surface area contributed by atoms with E-state index >= 15 is 0 Å². The minimum atomic E-state index is -0.253. The number of hydrogen-bond acceptors (Lipinski definition) is 3. The molecular weight excluding hydrogens is 228 g/mol. The van der Waals surface area contributed by atoms with Crippen LogP contribution in [0.4, 0.5) is 16.2 Å². The summed E-state index contributed by atoms with van der Waals surface area (Å²) < 4.78 is 5.31. The summed E-state index contributed by atoms with van der Waals surface area (Å²) in [4.78, 5) is 13.6. The predicted molar refractivity (Wildman–Crippen MR) is 73.0 cm³/mol. The molecule has 4 nitrogen and oxygen atoms in total. The van der Waals surface area contributed by atoms with Crippen LogP contribution in [-0.4, -0.2) is 18.7 Å². The number of carbonyl (C=O) groups is 1. The second kappa shape index (κ2) is 4.52. The monoisotopic (exact) mass is 248 g/mol. The largest absolute Gasteiger partial charge is 0.444 e. The first-order valence-corrected chi connectivity index (χ1v) is 6.30. The first-order valence-electron chi connectivity index (χ1n) is 6.30. The average Bonchev–Trinajstić information content (AvgIpc) is 2.68. The number of rotatable bonds is 2. The Bertz CT molecular complexity index is 497. The maximum absolute atomic E-state index is 11.9. The molecule has 0 radical (unpaired) electrons. The highest BCUT2D eigenvalue weighted by atomic mass is 16.6. The van der Waals surface area contributed by atoms with E-state index in [4.69, 9.17) is 10.5 Å². The van der Waals surface area contributed by atoms with Crippen LogP contribution in [0.3, 0.4) is 0 Å². The van der Waals surface area contributed by atoms with Crippen molar-refractivity contribution in [2.24, 2.45) is 0 Å². The van der Waals surface area contributed by atoms with Crippen molar-refractivity contribution in [3.63, 3.8) is 0 Å². The topological polar surface area (TPSA) is 55.6 Å². The molecule has 0 aliphatic carbocycles. The van der Waals surface area contributed by atoms with Crippen molar-refractivity contribution in [1.29, 1.82) is 0 Å². The van der Waals surface area contributed by atoms with Gasteiger partial charge in [-0.05, 0) is 49.9 Å². The van der Waals surface area contributed by atoms with Gasteiger partial charge in [0.2, 0.25) is 0 Å². The smallest absolute Gasteiger partial charge is 0.414 e. The lowest BCUT2D eigenvalue weighted by Crippen LogP contribution is -2.26. The van der Waals surface area contributed by atoms with Crippen LogP contribution in [0.15, 0.2) is 6.07 Å². The van der Waals surface area contributed by atoms with E-state index < -0.39 is 0 Å². The van der Waals surface area contributed by atoms with Gasteiger partial charge in [0, 0.05) is 5.69 Å². The second-order valence-corrected chi connectivity index (χ2v) is 4.91. The Kier molecular flexibility index (Phi) is 3.20. The molecule has 1 aromatic carbocycles. The number of carbonyl (C=O) groups excluding carboxylic acids is 1. The third kappa shape index (κ3) is 1.92. The number of hydrogen-bond donors (Lipinski definition) is 1. The van der Waals surface area contributed by atoms with Gasteiger partial charge < -0.3 is 10.5 Å². The molecule has 18 heavy (non-hydrogen) atoms. The summed E-state index contributed by atoms with van der Waals surface area (Å²) in [6, 6.07) is 1.92. The second-order valence-electron chi connectivity index (χ2n) is 4.91. The maximum atomic E-state index is 11.9. The quantitative estimate of drug-likeness (QED) is 0.819. The molecule has 1 atom stereocenters. The Balaban J connectivity index is 2.46. The first kappa shape index (κ1) is 12.7. The van der Waals surface area contributed by atoms with E-state index in [1.54, 1.807) is 4.90 Å². The molecule has 1 saturated heterocycles. The number of anilines is 2. The van der Waals surface area contributed by atoms with E-state index in [2.05, 4.69) is 0 Å². The Morgan fingerprint density at radius 1 is 1.39 bits per heavy atom. The summed E-state index contributed by atoms with van der Waals surface area (Å²) >= 11 is 0. The van der Waals surface area contributed by atoms with E-state index in [9.17, 15) is 4.79 Å². The van der Waals surface area contributed by atoms with Gasteiger partial charge in [0.1, 0.15) is 6.10 Å². The van der Waals surface area contributed by atoms with Crippen LogP contribution in [0, 0.1) is 20.8 Å². The zero-order valence-electron chi connectivity index (χ0n) is 11.4. The molecular formula is C14H20N2O2. The van der Waals surface area contributed by atoms with E-state index in [1.807, 2.05) is 33.8 Å². The zero-order chi connectivity index (χ0) is 13.4. The molecule has 2 N–H and O–H groups in total. The molecule has 1 fully saturated rings. The molecule has 1 heterocycles. The Hall–Kier alpha value is -1.71. The minimum Gasteiger partial charge on any atom is -0.444 e. The maximum Gasteiger partial charge on any atom is 0.414 e. The Labute approximate surface area is 108 Å². The molecule has 2 rings (SSSR count). The number of nitrogens with two attached hydrogens (primary N) is 1. The van der Waals surface area contributed by atoms with E-state index in [0.29, 0.717) is 6.54 Å². The highest BCUT2D eigenvalue weighted by Crippen LogP contribution is 2.33. The molecule has 1 aliphatic heterocycles. The molecule has 1 amide bonds. The van der Waals surface area contributed by atoms with Crippen LogP contribution in [0.2, 0.25) is 0 Å². The van der Waals surface area contributed by atoms with Crippen molar-refractivity contribution in [3.05, 3.63) is 22.8 Å². The van der Waals surface area contributed by atoms with Crippen molar-refractivity contribution in [2.45, 2.75) is 40.2 Å². The summed E-state index contributed by atoms with van der Waals surface area (Å²) in [5.74, 6) is 0. The van der Waals surface area contributed by atoms with Crippen LogP contribution in [0.1, 0.15) is 30.0 Å². The number of amides is 1. The normalized spacial score (nSPS) is 19.2. The van der Waals surface area contributed by atoms with Crippen LogP contribution >= 0.6 is 0 Å². The van der Waals surface area contributed by atoms with Gasteiger partial charge in [0.05, 0.1) is 12.2 Å². The zero-order valence-corrected chi connectivity index (χ0v) is 11.4. The fourth-order valence-electron chi connectivity index (χ4n) is 2.43. The van der Waals surface area contributed by atoms with Crippen LogP contribution in [0.5, 0.6) is 0 Å². The number of nitrogens with zero attached hydrogens (tertiary/aromatic N) is 1. The van der Waals surface area contributed by atoms with Gasteiger partial charge in [-0.1, -0.05) is 6.92 Å². The van der Waals surface area contributed by atoms with Gasteiger partial charge in [0.25, 0.3) is 0 Å². The summed E-state index contributed by atoms with van der Waals surface area (Å²) in [6.07, 6.45) is 0.584. The highest BCUT2D eigenvalue weighted by Gasteiger charge is 2.33. The van der Waals surface area contributed by atoms with Gasteiger partial charge in [-0.2, -0.15) is 0 Å². The number of cyclic esters (lactones) is 1. The summed E-state index contributed by atoms with van der Waals surface area (Å²) in [7, 11) is 0. The molecule has 1 unspecified atom stereocenters. The molecule has 0 saturated carbocycles. The van der Waals surface area contributed by atoms with Gasteiger partial charge >= 0.3 is 6.09 Å². The number of benzene rings is 1. The predicted octanol–water partition coefficient (Wildman–Crippen LogP) is 2.93.